The highest BCUT2D eigenvalue weighted by atomic mass is 16.2. The maximum absolute atomic E-state index is 14.5. The molecule has 34 heteroatoms. The van der Waals surface area contributed by atoms with Crippen LogP contribution in [-0.2, 0) is 67.1 Å². The second kappa shape index (κ2) is 41.8. The van der Waals surface area contributed by atoms with E-state index in [-0.39, 0.29) is 123 Å². The topological polar surface area (TPSA) is 507 Å². The fraction of sp³-hybridized carbons (Fsp3) is 0.762. The molecule has 13 rings (SSSR count). The summed E-state index contributed by atoms with van der Waals surface area (Å²) in [5.74, 6) is -8.28. The molecule has 135 heavy (non-hydrogen) atoms. The number of benzene rings is 1. The van der Waals surface area contributed by atoms with Gasteiger partial charge in [0.05, 0.1) is 36.3 Å². The van der Waals surface area contributed by atoms with Crippen LogP contribution in [0.15, 0.2) is 24.3 Å². The van der Waals surface area contributed by atoms with Crippen molar-refractivity contribution in [3.05, 3.63) is 29.8 Å². The van der Waals surface area contributed by atoms with Crippen LogP contribution in [0.5, 0.6) is 0 Å². The average Bonchev–Trinajstić information content (AvgIpc) is 1.53. The van der Waals surface area contributed by atoms with Gasteiger partial charge in [-0.3, -0.25) is 71.9 Å². The van der Waals surface area contributed by atoms with E-state index in [2.05, 4.69) is 89.4 Å². The molecule has 12 fully saturated rings. The first-order valence-electron chi connectivity index (χ1n) is 49.9. The summed E-state index contributed by atoms with van der Waals surface area (Å²) in [6, 6.07) is -5.10. The van der Waals surface area contributed by atoms with Crippen molar-refractivity contribution < 1.29 is 86.3 Å². The second-order valence-electron chi connectivity index (χ2n) is 46.9. The number of carbonyl (C=O) groups excluding carboxylic acids is 18. The Bertz CT molecular complexity index is 4670. The molecule has 0 spiro atoms. The Hall–Kier alpha value is -9.92. The highest BCUT2D eigenvalue weighted by molar-refractivity contribution is 6.39. The summed E-state index contributed by atoms with van der Waals surface area (Å²) in [7, 11) is 3.86. The lowest BCUT2D eigenvalue weighted by Crippen LogP contribution is -2.62. The summed E-state index contributed by atoms with van der Waals surface area (Å²) in [5, 5.41) is 25.6. The molecule has 0 radical (unpaired) electrons. The maximum Gasteiger partial charge on any atom is 0.316 e. The van der Waals surface area contributed by atoms with E-state index < -0.39 is 171 Å². The van der Waals surface area contributed by atoms with Gasteiger partial charge in [0.1, 0.15) is 36.3 Å². The zero-order valence-corrected chi connectivity index (χ0v) is 83.5. The van der Waals surface area contributed by atoms with Crippen molar-refractivity contribution in [2.24, 2.45) is 127 Å². The second-order valence-corrected chi connectivity index (χ2v) is 46.9. The number of hydrogen-bond acceptors (Lipinski definition) is 19. The Balaban J connectivity index is 0.000000196. The number of nitrogens with zero attached hydrogens (tertiary/aromatic N) is 4. The highest BCUT2D eigenvalue weighted by Gasteiger charge is 2.73. The zero-order valence-electron chi connectivity index (χ0n) is 83.5. The van der Waals surface area contributed by atoms with Gasteiger partial charge in [0.15, 0.2) is 17.3 Å². The van der Waals surface area contributed by atoms with E-state index in [0.717, 1.165) is 128 Å². The van der Waals surface area contributed by atoms with E-state index >= 15 is 0 Å². The van der Waals surface area contributed by atoms with Gasteiger partial charge in [-0.2, -0.15) is 0 Å². The monoisotopic (exact) mass is 1880 g/mol. The number of piperidine rings is 3. The van der Waals surface area contributed by atoms with Gasteiger partial charge in [-0.15, -0.1) is 0 Å². The molecule has 0 aromatic heterocycles. The Morgan fingerprint density at radius 1 is 0.400 bits per heavy atom. The number of primary amides is 3. The van der Waals surface area contributed by atoms with Gasteiger partial charge < -0.3 is 84.7 Å². The minimum Gasteiger partial charge on any atom is -0.378 e. The molecule has 18 atom stereocenters. The van der Waals surface area contributed by atoms with Crippen molar-refractivity contribution in [2.75, 3.05) is 38.6 Å². The normalized spacial score (nSPS) is 26.0. The molecule has 0 bridgehead atoms. The lowest BCUT2D eigenvalue weighted by atomic mass is 9.78. The molecule has 15 amide bonds. The number of hydrogen-bond donors (Lipinski definition) is 12. The molecule has 3 heterocycles. The minimum absolute atomic E-state index is 0.00389. The van der Waals surface area contributed by atoms with Crippen LogP contribution in [0.25, 0.3) is 0 Å². The molecule has 3 unspecified atom stereocenters. The van der Waals surface area contributed by atoms with Crippen LogP contribution in [-0.4, -0.2) is 227 Å². The quantitative estimate of drug-likeness (QED) is 0.0223. The Morgan fingerprint density at radius 2 is 0.726 bits per heavy atom. The third-order valence-electron chi connectivity index (χ3n) is 32.0. The molecule has 34 nitrogen and oxygen atoms in total. The van der Waals surface area contributed by atoms with Gasteiger partial charge in [-0.05, 0) is 192 Å². The Kier molecular flexibility index (Phi) is 32.7. The number of carbonyl (C=O) groups is 18. The summed E-state index contributed by atoms with van der Waals surface area (Å²) in [6.07, 6.45) is 19.2. The van der Waals surface area contributed by atoms with E-state index in [0.29, 0.717) is 44.5 Å². The molecular weight excluding hydrogens is 1730 g/mol. The van der Waals surface area contributed by atoms with E-state index in [9.17, 15) is 86.3 Å². The molecule has 9 aliphatic carbocycles. The maximum atomic E-state index is 14.5. The minimum atomic E-state index is -1.11. The number of likely N-dealkylation sites (tertiary alicyclic amines) is 3. The van der Waals surface area contributed by atoms with Gasteiger partial charge in [0.2, 0.25) is 52.8 Å². The molecule has 1 aromatic rings. The summed E-state index contributed by atoms with van der Waals surface area (Å²) in [5.41, 5.74) is 14.6. The predicted molar refractivity (Wildman–Crippen MR) is 506 cm³/mol. The largest absolute Gasteiger partial charge is 0.378 e. The van der Waals surface area contributed by atoms with Crippen molar-refractivity contribution in [1.29, 1.82) is 0 Å². The molecule has 12 aliphatic rings. The van der Waals surface area contributed by atoms with Crippen LogP contribution in [0.1, 0.15) is 283 Å². The van der Waals surface area contributed by atoms with Crippen LogP contribution < -0.4 is 70.0 Å². The average molecular weight is 1880 g/mol. The summed E-state index contributed by atoms with van der Waals surface area (Å²) in [4.78, 5) is 244. The molecule has 3 aliphatic heterocycles. The standard InChI is InChI=1S/C38H56N6O6.C32H51N5O6.C31H49N5O6/c1-37(2,3)32(42-36(50)41-28(22-11-9-8-10-12-22)30(45)23-15-17-24(18-16-23)43(6)7)35(49)44-20-25-27(38(25,4)5)29(44)34(48)40-26(19-21-13-14-21)31(46)33(39)47;1-7-11-20(25(39)27(33)40)34-28(41)23-21-19(32(21,5)6)16-37(23)29(42)26(31(2,3)4)36-30(43)35-22(24(38)18-14-15-18)17-12-9-8-10-13-17;1-15(2)21(23(37)17-9-8-10-17)34-29(42)35-25(30(3,4)5)28(41)36-14-18-20(31(18,6)7)22(36)27(40)33-19(13-16-11-12-16)24(38)26(32)39/h15-18,21-22,25-29,32H,8-14,19-20H2,1-7H3,(H2,39,47)(H,40,48)(H2,41,42,50);17-23,26H,7-16H2,1-6H3,(H2,33,40)(H,34,41)(H2,35,36,43);15-22,25H,8-14H2,1-7H3,(H2,32,39)(H,33,40)(H2,34,35,42)/t25-,26?,27-,28-,29-,32+;19-,20?,21-,22-,23-,26+;18-,19?,20-,21-,22-,25+/m000/s1. The highest BCUT2D eigenvalue weighted by Crippen LogP contribution is 2.67. The number of ketones is 6. The number of nitrogens with one attached hydrogen (secondary N) is 9. The van der Waals surface area contributed by atoms with Gasteiger partial charge in [0.25, 0.3) is 17.7 Å². The Morgan fingerprint density at radius 3 is 1.03 bits per heavy atom. The lowest BCUT2D eigenvalue weighted by molar-refractivity contribution is -0.145. The number of fused-ring (bicyclic) bond motifs is 3. The molecule has 1 aromatic carbocycles. The number of amides is 15. The first-order valence-corrected chi connectivity index (χ1v) is 49.9. The first kappa shape index (κ1) is 106. The van der Waals surface area contributed by atoms with Crippen molar-refractivity contribution >= 4 is 112 Å². The zero-order chi connectivity index (χ0) is 99.9. The number of urea groups is 3. The van der Waals surface area contributed by atoms with Gasteiger partial charge >= 0.3 is 18.1 Å². The van der Waals surface area contributed by atoms with E-state index in [1.165, 1.54) is 14.7 Å². The fourth-order valence-electron chi connectivity index (χ4n) is 22.5. The van der Waals surface area contributed by atoms with E-state index in [1.807, 2.05) is 114 Å². The first-order chi connectivity index (χ1) is 62.9. The Labute approximate surface area is 796 Å². The van der Waals surface area contributed by atoms with Crippen molar-refractivity contribution in [1.82, 2.24) is 62.6 Å². The summed E-state index contributed by atoms with van der Waals surface area (Å²) < 4.78 is 0. The van der Waals surface area contributed by atoms with Crippen LogP contribution in [0, 0.1) is 109 Å². The van der Waals surface area contributed by atoms with Gasteiger partial charge in [-0.1, -0.05) is 202 Å². The van der Waals surface area contributed by atoms with E-state index in [1.54, 1.807) is 12.1 Å². The van der Waals surface area contributed by atoms with Crippen molar-refractivity contribution in [2.45, 2.75) is 345 Å². The van der Waals surface area contributed by atoms with Crippen LogP contribution >= 0.6 is 0 Å². The van der Waals surface area contributed by atoms with Crippen molar-refractivity contribution in [3.8, 4) is 0 Å². The van der Waals surface area contributed by atoms with E-state index in [4.69, 9.17) is 17.2 Å². The lowest BCUT2D eigenvalue weighted by Gasteiger charge is -2.38. The molecule has 15 N–H and O–H groups in total. The summed E-state index contributed by atoms with van der Waals surface area (Å²) >= 11 is 0. The van der Waals surface area contributed by atoms with Gasteiger partial charge in [-0.25, -0.2) is 14.4 Å². The number of rotatable bonds is 37. The third kappa shape index (κ3) is 24.6. The number of Topliss-reactive ketones (excluding diaryl/α,β-unsaturated/α-hetero) is 6. The van der Waals surface area contributed by atoms with Crippen LogP contribution in [0.2, 0.25) is 0 Å². The summed E-state index contributed by atoms with van der Waals surface area (Å²) in [6.45, 7) is 35.5. The molecule has 9 saturated carbocycles. The predicted octanol–water partition coefficient (Wildman–Crippen LogP) is 7.79. The smallest absolute Gasteiger partial charge is 0.316 e. The van der Waals surface area contributed by atoms with Gasteiger partial charge in [0, 0.05) is 56.8 Å². The molecule has 3 saturated heterocycles. The number of nitrogens with two attached hydrogens (primary N) is 3. The van der Waals surface area contributed by atoms with Crippen LogP contribution in [0.4, 0.5) is 20.1 Å². The number of anilines is 1. The third-order valence-corrected chi connectivity index (χ3v) is 32.0. The fourth-order valence-corrected chi connectivity index (χ4v) is 22.5. The van der Waals surface area contributed by atoms with Crippen molar-refractivity contribution in [3.63, 3.8) is 0 Å². The SMILES string of the molecule is CC(C)[C@H](NC(=O)N[C@H](C(=O)N1C[C@H]2[C@@H]([C@H]1C(=O)NC(CC1CC1)C(=O)C(N)=O)C2(C)C)C(C)(C)C)C(=O)C1CCC1.CCCC(NC(=O)[C@@H]1[C@@H]2[C@H](CN1C(=O)[C@@H](NC(=O)N[C@H](C(=O)C1CC1)C1CCCCC1)C(C)(C)C)C2(C)C)C(=O)C(N)=O.CN(C)c1ccc(C(=O)[C@@H](NC(=O)N[C@H](C(=O)N2C[C@H]3[C@@H]([C@H]2C(=O)NC(CC2CC2)C(=O)C(N)=O)C3(C)C)C(C)(C)C)C2CCCCC2)cc1. The molecular formula is C101H156N16O18. The van der Waals surface area contributed by atoms with Crippen LogP contribution in [0.3, 0.4) is 0 Å². The molecule has 748 valence electrons.